The average molecular weight is 300 g/mol. The lowest BCUT2D eigenvalue weighted by atomic mass is 10.2. The van der Waals surface area contributed by atoms with Gasteiger partial charge in [-0.2, -0.15) is 0 Å². The molecule has 0 radical (unpaired) electrons. The molecule has 21 heavy (non-hydrogen) atoms. The Balaban J connectivity index is 2.02. The number of anilines is 1. The van der Waals surface area contributed by atoms with Crippen molar-refractivity contribution in [2.75, 3.05) is 5.32 Å². The highest BCUT2D eigenvalue weighted by atomic mass is 35.5. The SMILES string of the molecule is O=C(Nc1cc(Cl)cc2cccnc12)c1cccc(=O)[nH]1. The molecule has 104 valence electrons. The summed E-state index contributed by atoms with van der Waals surface area (Å²) in [7, 11) is 0. The number of carbonyl (C=O) groups excluding carboxylic acids is 1. The van der Waals surface area contributed by atoms with Crippen molar-refractivity contribution in [3.63, 3.8) is 0 Å². The van der Waals surface area contributed by atoms with E-state index in [9.17, 15) is 9.59 Å². The zero-order valence-electron chi connectivity index (χ0n) is 10.8. The van der Waals surface area contributed by atoms with Crippen molar-refractivity contribution in [1.29, 1.82) is 0 Å². The molecule has 0 atom stereocenters. The molecule has 0 unspecified atom stereocenters. The maximum absolute atomic E-state index is 12.2. The molecule has 1 amide bonds. The summed E-state index contributed by atoms with van der Waals surface area (Å²) >= 11 is 6.04. The van der Waals surface area contributed by atoms with Crippen molar-refractivity contribution in [2.24, 2.45) is 0 Å². The van der Waals surface area contributed by atoms with Crippen molar-refractivity contribution in [2.45, 2.75) is 0 Å². The number of benzene rings is 1. The van der Waals surface area contributed by atoms with Gasteiger partial charge in [0.2, 0.25) is 5.56 Å². The quantitative estimate of drug-likeness (QED) is 0.764. The van der Waals surface area contributed by atoms with E-state index in [1.165, 1.54) is 18.2 Å². The van der Waals surface area contributed by atoms with Crippen LogP contribution in [0.25, 0.3) is 10.9 Å². The minimum atomic E-state index is -0.429. The summed E-state index contributed by atoms with van der Waals surface area (Å²) in [4.78, 5) is 30.1. The van der Waals surface area contributed by atoms with Crippen LogP contribution in [-0.2, 0) is 0 Å². The van der Waals surface area contributed by atoms with Crippen molar-refractivity contribution in [1.82, 2.24) is 9.97 Å². The number of H-pyrrole nitrogens is 1. The summed E-state index contributed by atoms with van der Waals surface area (Å²) < 4.78 is 0. The predicted molar refractivity (Wildman–Crippen MR) is 81.8 cm³/mol. The molecule has 0 fully saturated rings. The number of amides is 1. The minimum absolute atomic E-state index is 0.173. The molecule has 0 aliphatic heterocycles. The predicted octanol–water partition coefficient (Wildman–Crippen LogP) is 2.83. The molecule has 2 N–H and O–H groups in total. The molecular weight excluding hydrogens is 290 g/mol. The molecule has 0 spiro atoms. The van der Waals surface area contributed by atoms with Crippen LogP contribution in [0.3, 0.4) is 0 Å². The van der Waals surface area contributed by atoms with E-state index in [4.69, 9.17) is 11.6 Å². The maximum atomic E-state index is 12.2. The maximum Gasteiger partial charge on any atom is 0.272 e. The van der Waals surface area contributed by atoms with Crippen LogP contribution in [0, 0.1) is 0 Å². The van der Waals surface area contributed by atoms with Crippen molar-refractivity contribution >= 4 is 34.1 Å². The highest BCUT2D eigenvalue weighted by molar-refractivity contribution is 6.32. The van der Waals surface area contributed by atoms with E-state index < -0.39 is 5.91 Å². The Morgan fingerprint density at radius 1 is 1.19 bits per heavy atom. The first kappa shape index (κ1) is 13.3. The second-order valence-corrected chi connectivity index (χ2v) is 4.85. The van der Waals surface area contributed by atoms with Crippen molar-refractivity contribution < 1.29 is 4.79 Å². The van der Waals surface area contributed by atoms with Gasteiger partial charge >= 0.3 is 0 Å². The second-order valence-electron chi connectivity index (χ2n) is 4.41. The monoisotopic (exact) mass is 299 g/mol. The summed E-state index contributed by atoms with van der Waals surface area (Å²) in [5.74, 6) is -0.429. The van der Waals surface area contributed by atoms with Crippen molar-refractivity contribution in [3.8, 4) is 0 Å². The number of rotatable bonds is 2. The Morgan fingerprint density at radius 2 is 2.05 bits per heavy atom. The summed E-state index contributed by atoms with van der Waals surface area (Å²) in [6.07, 6.45) is 1.64. The highest BCUT2D eigenvalue weighted by Gasteiger charge is 2.10. The number of hydrogen-bond acceptors (Lipinski definition) is 3. The van der Waals surface area contributed by atoms with Crippen LogP contribution in [0.4, 0.5) is 5.69 Å². The van der Waals surface area contributed by atoms with E-state index in [1.54, 1.807) is 24.4 Å². The summed E-state index contributed by atoms with van der Waals surface area (Å²) in [6.45, 7) is 0. The van der Waals surface area contributed by atoms with E-state index in [2.05, 4.69) is 15.3 Å². The van der Waals surface area contributed by atoms with Gasteiger partial charge in [-0.3, -0.25) is 14.6 Å². The van der Waals surface area contributed by atoms with Gasteiger partial charge in [0, 0.05) is 22.7 Å². The first-order chi connectivity index (χ1) is 10.1. The number of fused-ring (bicyclic) bond motifs is 1. The van der Waals surface area contributed by atoms with E-state index >= 15 is 0 Å². The van der Waals surface area contributed by atoms with Crippen LogP contribution in [0.2, 0.25) is 5.02 Å². The highest BCUT2D eigenvalue weighted by Crippen LogP contribution is 2.26. The minimum Gasteiger partial charge on any atom is -0.319 e. The fourth-order valence-corrected chi connectivity index (χ4v) is 2.25. The number of aromatic amines is 1. The fourth-order valence-electron chi connectivity index (χ4n) is 2.02. The van der Waals surface area contributed by atoms with Gasteiger partial charge in [0.1, 0.15) is 5.69 Å². The first-order valence-electron chi connectivity index (χ1n) is 6.18. The number of nitrogens with one attached hydrogen (secondary N) is 2. The zero-order chi connectivity index (χ0) is 14.8. The lowest BCUT2D eigenvalue weighted by molar-refractivity contribution is 0.102. The van der Waals surface area contributed by atoms with Gasteiger partial charge in [0.15, 0.2) is 0 Å². The smallest absolute Gasteiger partial charge is 0.272 e. The average Bonchev–Trinajstić information content (AvgIpc) is 2.47. The molecule has 0 saturated heterocycles. The van der Waals surface area contributed by atoms with E-state index in [0.717, 1.165) is 5.39 Å². The van der Waals surface area contributed by atoms with Crippen LogP contribution in [-0.4, -0.2) is 15.9 Å². The second kappa shape index (κ2) is 5.38. The first-order valence-corrected chi connectivity index (χ1v) is 6.56. The zero-order valence-corrected chi connectivity index (χ0v) is 11.5. The van der Waals surface area contributed by atoms with E-state index in [0.29, 0.717) is 16.2 Å². The lowest BCUT2D eigenvalue weighted by Crippen LogP contribution is -2.18. The van der Waals surface area contributed by atoms with E-state index in [1.807, 2.05) is 6.07 Å². The Hall–Kier alpha value is -2.66. The Labute approximate surface area is 124 Å². The van der Waals surface area contributed by atoms with Gasteiger partial charge in [-0.15, -0.1) is 0 Å². The molecule has 3 aromatic rings. The molecule has 0 bridgehead atoms. The number of pyridine rings is 2. The molecule has 0 aliphatic rings. The van der Waals surface area contributed by atoms with Crippen molar-refractivity contribution in [3.05, 3.63) is 69.7 Å². The number of hydrogen-bond donors (Lipinski definition) is 2. The van der Waals surface area contributed by atoms with Gasteiger partial charge in [-0.05, 0) is 24.3 Å². The van der Waals surface area contributed by atoms with Crippen LogP contribution >= 0.6 is 11.6 Å². The van der Waals surface area contributed by atoms with Crippen LogP contribution in [0.1, 0.15) is 10.5 Å². The summed E-state index contributed by atoms with van der Waals surface area (Å²) in [5.41, 5.74) is 0.963. The Morgan fingerprint density at radius 3 is 2.86 bits per heavy atom. The topological polar surface area (TPSA) is 74.8 Å². The van der Waals surface area contributed by atoms with Gasteiger partial charge in [0.05, 0.1) is 11.2 Å². The molecule has 2 heterocycles. The van der Waals surface area contributed by atoms with Crippen LogP contribution in [0.15, 0.2) is 53.5 Å². The van der Waals surface area contributed by atoms with Gasteiger partial charge < -0.3 is 10.3 Å². The van der Waals surface area contributed by atoms with Gasteiger partial charge in [-0.25, -0.2) is 0 Å². The standard InChI is InChI=1S/C15H10ClN3O2/c16-10-7-9-3-2-6-17-14(9)12(8-10)19-15(21)11-4-1-5-13(20)18-11/h1-8H,(H,18,20)(H,19,21). The third-order valence-electron chi connectivity index (χ3n) is 2.93. The van der Waals surface area contributed by atoms with Crippen LogP contribution < -0.4 is 10.9 Å². The summed E-state index contributed by atoms with van der Waals surface area (Å²) in [6, 6.07) is 11.4. The third-order valence-corrected chi connectivity index (χ3v) is 3.15. The molecular formula is C15H10ClN3O2. The fraction of sp³-hybridized carbons (Fsp3) is 0. The molecule has 5 nitrogen and oxygen atoms in total. The third kappa shape index (κ3) is 2.78. The van der Waals surface area contributed by atoms with Gasteiger partial charge in [-0.1, -0.05) is 23.7 Å². The van der Waals surface area contributed by atoms with Crippen LogP contribution in [0.5, 0.6) is 0 Å². The number of nitrogens with zero attached hydrogens (tertiary/aromatic N) is 1. The molecule has 0 saturated carbocycles. The molecule has 1 aromatic carbocycles. The number of aromatic nitrogens is 2. The van der Waals surface area contributed by atoms with Gasteiger partial charge in [0.25, 0.3) is 5.91 Å². The molecule has 2 aromatic heterocycles. The number of halogens is 1. The lowest BCUT2D eigenvalue weighted by Gasteiger charge is -2.08. The number of carbonyl (C=O) groups is 1. The molecule has 0 aliphatic carbocycles. The molecule has 3 rings (SSSR count). The Bertz CT molecular complexity index is 889. The Kier molecular flexibility index (Phi) is 3.41. The molecule has 6 heteroatoms. The normalized spacial score (nSPS) is 10.5. The largest absolute Gasteiger partial charge is 0.319 e. The summed E-state index contributed by atoms with van der Waals surface area (Å²) in [5, 5.41) is 4.03. The van der Waals surface area contributed by atoms with E-state index in [-0.39, 0.29) is 11.3 Å².